The molecule has 9 heavy (non-hydrogen) atoms. The van der Waals surface area contributed by atoms with Crippen molar-refractivity contribution in [2.75, 3.05) is 6.61 Å². The summed E-state index contributed by atoms with van der Waals surface area (Å²) in [5, 5.41) is 0. The number of rotatable bonds is 5. The Kier molecular flexibility index (Phi) is 7.44. The summed E-state index contributed by atoms with van der Waals surface area (Å²) in [6, 6.07) is 0. The fourth-order valence-electron chi connectivity index (χ4n) is 0.569. The molecule has 0 fully saturated rings. The second-order valence-electron chi connectivity index (χ2n) is 1.82. The molecule has 0 aliphatic carbocycles. The minimum Gasteiger partial charge on any atom is -0.376 e. The Bertz CT molecular complexity index is 67.0. The number of ether oxygens (including phenoxy) is 1. The van der Waals surface area contributed by atoms with E-state index in [0.717, 1.165) is 19.4 Å². The van der Waals surface area contributed by atoms with E-state index in [1.807, 2.05) is 13.8 Å². The maximum absolute atomic E-state index is 5.02. The van der Waals surface area contributed by atoms with Crippen molar-refractivity contribution in [3.8, 4) is 0 Å². The van der Waals surface area contributed by atoms with Gasteiger partial charge in [-0.15, -0.1) is 0 Å². The van der Waals surface area contributed by atoms with Crippen molar-refractivity contribution in [3.05, 3.63) is 18.8 Å². The van der Waals surface area contributed by atoms with Gasteiger partial charge in [-0.2, -0.15) is 0 Å². The fourth-order valence-corrected chi connectivity index (χ4v) is 0.569. The van der Waals surface area contributed by atoms with E-state index in [0.29, 0.717) is 0 Å². The summed E-state index contributed by atoms with van der Waals surface area (Å²) in [5.41, 5.74) is 0. The third-order valence-electron chi connectivity index (χ3n) is 1.04. The average molecular weight is 127 g/mol. The van der Waals surface area contributed by atoms with Crippen LogP contribution < -0.4 is 0 Å². The van der Waals surface area contributed by atoms with Crippen LogP contribution in [0.3, 0.4) is 0 Å². The highest BCUT2D eigenvalue weighted by Gasteiger charge is 1.81. The van der Waals surface area contributed by atoms with E-state index in [2.05, 4.69) is 12.2 Å². The van der Waals surface area contributed by atoms with E-state index in [-0.39, 0.29) is 0 Å². The summed E-state index contributed by atoms with van der Waals surface area (Å²) in [6.45, 7) is 6.51. The maximum atomic E-state index is 5.02. The summed E-state index contributed by atoms with van der Waals surface area (Å²) < 4.78 is 5.02. The first-order valence-electron chi connectivity index (χ1n) is 3.42. The Hall–Kier alpha value is -0.300. The molecule has 0 atom stereocenters. The largest absolute Gasteiger partial charge is 0.376 e. The van der Waals surface area contributed by atoms with E-state index in [1.54, 1.807) is 6.61 Å². The van der Waals surface area contributed by atoms with Crippen molar-refractivity contribution >= 4 is 0 Å². The zero-order chi connectivity index (χ0) is 6.95. The lowest BCUT2D eigenvalue weighted by Crippen LogP contribution is -1.87. The Labute approximate surface area is 57.7 Å². The van der Waals surface area contributed by atoms with Crippen molar-refractivity contribution in [3.63, 3.8) is 0 Å². The standard InChI is InChI=1S/C8H15O/c1-3-5-6-7-8-9-4-2/h3-5H,6-8H2,1-2H3/b5-3+. The van der Waals surface area contributed by atoms with Crippen LogP contribution >= 0.6 is 0 Å². The highest BCUT2D eigenvalue weighted by atomic mass is 16.5. The molecule has 0 amide bonds. The normalized spacial score (nSPS) is 10.9. The minimum atomic E-state index is 0.848. The van der Waals surface area contributed by atoms with Gasteiger partial charge in [0.2, 0.25) is 0 Å². The zero-order valence-electron chi connectivity index (χ0n) is 6.26. The molecular formula is C8H15O. The van der Waals surface area contributed by atoms with Gasteiger partial charge in [-0.05, 0) is 26.7 Å². The number of hydrogen-bond acceptors (Lipinski definition) is 1. The van der Waals surface area contributed by atoms with Crippen LogP contribution in [0.25, 0.3) is 0 Å². The summed E-state index contributed by atoms with van der Waals surface area (Å²) in [7, 11) is 0. The first kappa shape index (κ1) is 8.70. The van der Waals surface area contributed by atoms with Crippen LogP contribution in [-0.2, 0) is 4.74 Å². The zero-order valence-corrected chi connectivity index (χ0v) is 6.26. The van der Waals surface area contributed by atoms with Crippen LogP contribution in [-0.4, -0.2) is 6.61 Å². The van der Waals surface area contributed by atoms with Crippen LogP contribution in [0.2, 0.25) is 0 Å². The molecule has 0 saturated heterocycles. The van der Waals surface area contributed by atoms with Gasteiger partial charge in [0, 0.05) is 6.61 Å². The number of unbranched alkanes of at least 4 members (excludes halogenated alkanes) is 1. The highest BCUT2D eigenvalue weighted by Crippen LogP contribution is 1.92. The van der Waals surface area contributed by atoms with Crippen LogP contribution in [0.4, 0.5) is 0 Å². The van der Waals surface area contributed by atoms with Gasteiger partial charge in [-0.25, -0.2) is 0 Å². The molecule has 0 aliphatic rings. The Morgan fingerprint density at radius 1 is 1.33 bits per heavy atom. The SMILES string of the molecule is C[CH]OCCC/C=C/C. The van der Waals surface area contributed by atoms with Gasteiger partial charge in [-0.1, -0.05) is 12.2 Å². The second kappa shape index (κ2) is 7.70. The third-order valence-corrected chi connectivity index (χ3v) is 1.04. The van der Waals surface area contributed by atoms with Crippen molar-refractivity contribution in [1.29, 1.82) is 0 Å². The highest BCUT2D eigenvalue weighted by molar-refractivity contribution is 4.76. The maximum Gasteiger partial charge on any atom is 0.0805 e. The Morgan fingerprint density at radius 3 is 2.67 bits per heavy atom. The van der Waals surface area contributed by atoms with Crippen LogP contribution in [0.5, 0.6) is 0 Å². The van der Waals surface area contributed by atoms with Crippen LogP contribution in [0.1, 0.15) is 26.7 Å². The lowest BCUT2D eigenvalue weighted by Gasteiger charge is -1.95. The van der Waals surface area contributed by atoms with Crippen molar-refractivity contribution in [2.45, 2.75) is 26.7 Å². The molecule has 0 heterocycles. The monoisotopic (exact) mass is 127 g/mol. The third kappa shape index (κ3) is 7.70. The average Bonchev–Trinajstić information content (AvgIpc) is 1.89. The van der Waals surface area contributed by atoms with E-state index in [1.165, 1.54) is 0 Å². The molecule has 0 spiro atoms. The van der Waals surface area contributed by atoms with Gasteiger partial charge in [-0.3, -0.25) is 0 Å². The van der Waals surface area contributed by atoms with E-state index >= 15 is 0 Å². The lowest BCUT2D eigenvalue weighted by atomic mass is 10.3. The first-order valence-corrected chi connectivity index (χ1v) is 3.42. The van der Waals surface area contributed by atoms with Crippen LogP contribution in [0.15, 0.2) is 12.2 Å². The molecule has 0 aromatic carbocycles. The number of hydrogen-bond donors (Lipinski definition) is 0. The Balaban J connectivity index is 2.75. The summed E-state index contributed by atoms with van der Waals surface area (Å²) in [4.78, 5) is 0. The van der Waals surface area contributed by atoms with Gasteiger partial charge < -0.3 is 4.74 Å². The molecular weight excluding hydrogens is 112 g/mol. The lowest BCUT2D eigenvalue weighted by molar-refractivity contribution is 0.201. The summed E-state index contributed by atoms with van der Waals surface area (Å²) in [5.74, 6) is 0. The molecule has 0 saturated carbocycles. The molecule has 1 nitrogen and oxygen atoms in total. The van der Waals surface area contributed by atoms with Gasteiger partial charge in [0.05, 0.1) is 6.61 Å². The molecule has 0 rings (SSSR count). The molecule has 0 N–H and O–H groups in total. The second-order valence-corrected chi connectivity index (χ2v) is 1.82. The molecule has 0 aromatic heterocycles. The van der Waals surface area contributed by atoms with E-state index < -0.39 is 0 Å². The van der Waals surface area contributed by atoms with Gasteiger partial charge in [0.25, 0.3) is 0 Å². The molecule has 0 unspecified atom stereocenters. The van der Waals surface area contributed by atoms with Gasteiger partial charge in [0.15, 0.2) is 0 Å². The summed E-state index contributed by atoms with van der Waals surface area (Å²) >= 11 is 0. The van der Waals surface area contributed by atoms with Crippen LogP contribution in [0, 0.1) is 6.61 Å². The smallest absolute Gasteiger partial charge is 0.0805 e. The molecule has 53 valence electrons. The number of allylic oxidation sites excluding steroid dienone is 2. The topological polar surface area (TPSA) is 9.23 Å². The Morgan fingerprint density at radius 2 is 2.11 bits per heavy atom. The van der Waals surface area contributed by atoms with Gasteiger partial charge in [0.1, 0.15) is 0 Å². The molecule has 0 aliphatic heterocycles. The predicted molar refractivity (Wildman–Crippen MR) is 40.0 cm³/mol. The molecule has 0 aromatic rings. The summed E-state index contributed by atoms with van der Waals surface area (Å²) in [6.07, 6.45) is 6.47. The molecule has 1 heteroatoms. The van der Waals surface area contributed by atoms with E-state index in [4.69, 9.17) is 4.74 Å². The molecule has 0 bridgehead atoms. The van der Waals surface area contributed by atoms with Gasteiger partial charge >= 0.3 is 0 Å². The minimum absolute atomic E-state index is 0.848. The van der Waals surface area contributed by atoms with Crippen molar-refractivity contribution in [2.24, 2.45) is 0 Å². The van der Waals surface area contributed by atoms with Crippen molar-refractivity contribution < 1.29 is 4.74 Å². The predicted octanol–water partition coefficient (Wildman–Crippen LogP) is 2.54. The quantitative estimate of drug-likeness (QED) is 0.407. The van der Waals surface area contributed by atoms with Crippen molar-refractivity contribution in [1.82, 2.24) is 0 Å². The molecule has 1 radical (unpaired) electrons. The first-order chi connectivity index (χ1) is 4.41. The fraction of sp³-hybridized carbons (Fsp3) is 0.625. The van der Waals surface area contributed by atoms with E-state index in [9.17, 15) is 0 Å².